The molecule has 0 aliphatic heterocycles. The Balaban J connectivity index is 2.97. The topological polar surface area (TPSA) is 34.9 Å². The molecule has 3 nitrogen and oxygen atoms in total. The zero-order chi connectivity index (χ0) is 9.84. The van der Waals surface area contributed by atoms with Gasteiger partial charge in [-0.1, -0.05) is 0 Å². The van der Waals surface area contributed by atoms with Gasteiger partial charge in [-0.3, -0.25) is 13.8 Å². The first-order valence-corrected chi connectivity index (χ1v) is 4.73. The second kappa shape index (κ2) is 4.50. The number of hydrogen-bond acceptors (Lipinski definition) is 2. The van der Waals surface area contributed by atoms with Crippen molar-refractivity contribution in [1.82, 2.24) is 9.55 Å². The number of aryl methyl sites for hydroxylation is 2. The third kappa shape index (κ3) is 2.37. The van der Waals surface area contributed by atoms with E-state index in [1.54, 1.807) is 6.92 Å². The molecule has 1 rings (SSSR count). The number of aromatic nitrogens is 2. The first-order valence-electron chi connectivity index (χ1n) is 3.94. The van der Waals surface area contributed by atoms with Crippen LogP contribution < -0.4 is 5.56 Å². The Morgan fingerprint density at radius 1 is 1.69 bits per heavy atom. The predicted molar refractivity (Wildman–Crippen MR) is 51.5 cm³/mol. The minimum absolute atomic E-state index is 0.152. The Morgan fingerprint density at radius 3 is 3.00 bits per heavy atom. The van der Waals surface area contributed by atoms with E-state index in [0.29, 0.717) is 23.1 Å². The quantitative estimate of drug-likeness (QED) is 0.816. The van der Waals surface area contributed by atoms with Crippen LogP contribution in [0.25, 0.3) is 0 Å². The number of hydrogen-bond donors (Lipinski definition) is 0. The standard InChI is InChI=1S/C8H10BrFN2O/c1-6-7(9)8(13)12(5-11-6)4-2-3-10/h5H,2-4H2,1H3. The van der Waals surface area contributed by atoms with Crippen LogP contribution in [-0.4, -0.2) is 16.2 Å². The molecule has 5 heteroatoms. The van der Waals surface area contributed by atoms with Gasteiger partial charge < -0.3 is 0 Å². The van der Waals surface area contributed by atoms with E-state index in [2.05, 4.69) is 20.9 Å². The van der Waals surface area contributed by atoms with E-state index in [1.165, 1.54) is 10.9 Å². The molecule has 0 aliphatic rings. The highest BCUT2D eigenvalue weighted by Crippen LogP contribution is 2.06. The molecular formula is C8H10BrFN2O. The molecule has 72 valence electrons. The van der Waals surface area contributed by atoms with Crippen LogP contribution >= 0.6 is 15.9 Å². The molecule has 1 aromatic rings. The van der Waals surface area contributed by atoms with Crippen molar-refractivity contribution in [2.24, 2.45) is 0 Å². The van der Waals surface area contributed by atoms with E-state index in [0.717, 1.165) is 0 Å². The average Bonchev–Trinajstić information content (AvgIpc) is 2.13. The molecule has 0 fully saturated rings. The molecule has 1 heterocycles. The van der Waals surface area contributed by atoms with Gasteiger partial charge in [0.15, 0.2) is 0 Å². The van der Waals surface area contributed by atoms with Crippen molar-refractivity contribution in [2.75, 3.05) is 6.67 Å². The molecule has 0 amide bonds. The SMILES string of the molecule is Cc1ncn(CCCF)c(=O)c1Br. The number of halogens is 2. The highest BCUT2D eigenvalue weighted by Gasteiger charge is 2.04. The fourth-order valence-electron chi connectivity index (χ4n) is 0.936. The molecule has 0 radical (unpaired) electrons. The Morgan fingerprint density at radius 2 is 2.38 bits per heavy atom. The second-order valence-corrected chi connectivity index (χ2v) is 3.48. The Kier molecular flexibility index (Phi) is 3.59. The van der Waals surface area contributed by atoms with Gasteiger partial charge in [0.05, 0.1) is 18.7 Å². The maximum absolute atomic E-state index is 11.8. The summed E-state index contributed by atoms with van der Waals surface area (Å²) in [6, 6.07) is 0. The van der Waals surface area contributed by atoms with Crippen LogP contribution in [0.2, 0.25) is 0 Å². The van der Waals surface area contributed by atoms with E-state index in [-0.39, 0.29) is 5.56 Å². The van der Waals surface area contributed by atoms with Crippen LogP contribution in [-0.2, 0) is 6.54 Å². The summed E-state index contributed by atoms with van der Waals surface area (Å²) in [6.07, 6.45) is 1.79. The molecule has 1 aromatic heterocycles. The van der Waals surface area contributed by atoms with Gasteiger partial charge >= 0.3 is 0 Å². The minimum atomic E-state index is -0.419. The van der Waals surface area contributed by atoms with E-state index in [4.69, 9.17) is 0 Å². The summed E-state index contributed by atoms with van der Waals surface area (Å²) in [5.41, 5.74) is 0.502. The maximum atomic E-state index is 11.8. The lowest BCUT2D eigenvalue weighted by molar-refractivity contribution is 0.441. The molecule has 0 unspecified atom stereocenters. The zero-order valence-corrected chi connectivity index (χ0v) is 8.84. The van der Waals surface area contributed by atoms with Crippen LogP contribution in [0.1, 0.15) is 12.1 Å². The average molecular weight is 249 g/mol. The molecule has 0 aliphatic carbocycles. The lowest BCUT2D eigenvalue weighted by Crippen LogP contribution is -2.22. The second-order valence-electron chi connectivity index (χ2n) is 2.69. The third-order valence-corrected chi connectivity index (χ3v) is 2.60. The van der Waals surface area contributed by atoms with Gasteiger partial charge in [0, 0.05) is 6.54 Å². The third-order valence-electron chi connectivity index (χ3n) is 1.69. The molecule has 0 saturated carbocycles. The van der Waals surface area contributed by atoms with Gasteiger partial charge in [0.1, 0.15) is 4.47 Å². The van der Waals surface area contributed by atoms with Crippen LogP contribution in [0, 0.1) is 6.92 Å². The van der Waals surface area contributed by atoms with Crippen molar-refractivity contribution in [3.05, 3.63) is 26.8 Å². The lowest BCUT2D eigenvalue weighted by atomic mass is 10.4. The number of rotatable bonds is 3. The molecule has 0 saturated heterocycles. The van der Waals surface area contributed by atoms with Gasteiger partial charge in [-0.25, -0.2) is 4.98 Å². The van der Waals surface area contributed by atoms with Crippen LogP contribution in [0.15, 0.2) is 15.6 Å². The molecule has 0 spiro atoms. The summed E-state index contributed by atoms with van der Waals surface area (Å²) in [6.45, 7) is 1.70. The summed E-state index contributed by atoms with van der Waals surface area (Å²) < 4.78 is 13.7. The van der Waals surface area contributed by atoms with Crippen molar-refractivity contribution in [3.8, 4) is 0 Å². The molecule has 13 heavy (non-hydrogen) atoms. The summed E-state index contributed by atoms with van der Waals surface area (Å²) in [5.74, 6) is 0. The largest absolute Gasteiger partial charge is 0.298 e. The summed E-state index contributed by atoms with van der Waals surface area (Å²) >= 11 is 3.13. The van der Waals surface area contributed by atoms with E-state index in [1.807, 2.05) is 0 Å². The maximum Gasteiger partial charge on any atom is 0.267 e. The van der Waals surface area contributed by atoms with Crippen molar-refractivity contribution in [3.63, 3.8) is 0 Å². The summed E-state index contributed by atoms with van der Waals surface area (Å²) in [4.78, 5) is 15.4. The van der Waals surface area contributed by atoms with Crippen molar-refractivity contribution in [1.29, 1.82) is 0 Å². The Hall–Kier alpha value is -0.710. The van der Waals surface area contributed by atoms with Gasteiger partial charge in [-0.2, -0.15) is 0 Å². The molecule has 0 bridgehead atoms. The van der Waals surface area contributed by atoms with E-state index in [9.17, 15) is 9.18 Å². The highest BCUT2D eigenvalue weighted by atomic mass is 79.9. The van der Waals surface area contributed by atoms with Gasteiger partial charge in [0.25, 0.3) is 5.56 Å². The van der Waals surface area contributed by atoms with Crippen molar-refractivity contribution < 1.29 is 4.39 Å². The fraction of sp³-hybridized carbons (Fsp3) is 0.500. The molecule has 0 atom stereocenters. The fourth-order valence-corrected chi connectivity index (χ4v) is 1.27. The number of alkyl halides is 1. The highest BCUT2D eigenvalue weighted by molar-refractivity contribution is 9.10. The Labute approximate surface area is 83.7 Å². The number of nitrogens with zero attached hydrogens (tertiary/aromatic N) is 2. The molecule has 0 aromatic carbocycles. The molecular weight excluding hydrogens is 239 g/mol. The van der Waals surface area contributed by atoms with Crippen LogP contribution in [0.5, 0.6) is 0 Å². The first-order chi connectivity index (χ1) is 6.16. The minimum Gasteiger partial charge on any atom is -0.298 e. The Bertz CT molecular complexity index is 350. The predicted octanol–water partition coefficient (Wildman–Crippen LogP) is 1.67. The normalized spacial score (nSPS) is 10.4. The van der Waals surface area contributed by atoms with Crippen LogP contribution in [0.3, 0.4) is 0 Å². The van der Waals surface area contributed by atoms with Gasteiger partial charge in [-0.05, 0) is 29.3 Å². The first kappa shape index (κ1) is 10.4. The van der Waals surface area contributed by atoms with E-state index >= 15 is 0 Å². The smallest absolute Gasteiger partial charge is 0.267 e. The zero-order valence-electron chi connectivity index (χ0n) is 7.26. The van der Waals surface area contributed by atoms with Crippen LogP contribution in [0.4, 0.5) is 4.39 Å². The monoisotopic (exact) mass is 248 g/mol. The van der Waals surface area contributed by atoms with Gasteiger partial charge in [-0.15, -0.1) is 0 Å². The molecule has 0 N–H and O–H groups in total. The van der Waals surface area contributed by atoms with Crippen molar-refractivity contribution in [2.45, 2.75) is 19.9 Å². The summed E-state index contributed by atoms with van der Waals surface area (Å²) in [5, 5.41) is 0. The van der Waals surface area contributed by atoms with Crippen molar-refractivity contribution >= 4 is 15.9 Å². The lowest BCUT2D eigenvalue weighted by Gasteiger charge is -2.04. The van der Waals surface area contributed by atoms with Gasteiger partial charge in [0.2, 0.25) is 0 Å². The summed E-state index contributed by atoms with van der Waals surface area (Å²) in [7, 11) is 0. The van der Waals surface area contributed by atoms with E-state index < -0.39 is 6.67 Å².